The number of rotatable bonds is 3. The molecule has 1 saturated carbocycles. The van der Waals surface area contributed by atoms with E-state index in [9.17, 15) is 14.4 Å². The van der Waals surface area contributed by atoms with Gasteiger partial charge in [-0.2, -0.15) is 0 Å². The van der Waals surface area contributed by atoms with E-state index in [1.54, 1.807) is 23.0 Å². The third-order valence-electron chi connectivity index (χ3n) is 7.40. The first kappa shape index (κ1) is 27.6. The van der Waals surface area contributed by atoms with E-state index in [2.05, 4.69) is 26.3 Å². The average Bonchev–Trinajstić information content (AvgIpc) is 3.43. The molecule has 1 aromatic heterocycles. The molecule has 0 radical (unpaired) electrons. The number of hydrogen-bond acceptors (Lipinski definition) is 6. The van der Waals surface area contributed by atoms with Crippen LogP contribution in [0.15, 0.2) is 54.7 Å². The Balaban J connectivity index is 1.48. The largest absolute Gasteiger partial charge is 0.491 e. The van der Waals surface area contributed by atoms with Gasteiger partial charge in [0.15, 0.2) is 0 Å². The predicted molar refractivity (Wildman–Crippen MR) is 149 cm³/mol. The van der Waals surface area contributed by atoms with Gasteiger partial charge in [0.1, 0.15) is 30.1 Å². The second-order valence-corrected chi connectivity index (χ2v) is 10.7. The fraction of sp³-hybridized carbons (Fsp3) is 0.414. The molecule has 2 bridgehead atoms. The zero-order valence-corrected chi connectivity index (χ0v) is 22.9. The maximum atomic E-state index is 13.8. The number of aromatic nitrogens is 3. The van der Waals surface area contributed by atoms with Crippen molar-refractivity contribution in [1.29, 1.82) is 0 Å². The van der Waals surface area contributed by atoms with Crippen LogP contribution < -0.4 is 20.7 Å². The number of nitrogens with one attached hydrogen (secondary N) is 3. The Bertz CT molecular complexity index is 1340. The van der Waals surface area contributed by atoms with Crippen molar-refractivity contribution >= 4 is 29.3 Å². The molecule has 3 N–H and O–H groups in total. The van der Waals surface area contributed by atoms with E-state index in [0.29, 0.717) is 29.4 Å². The maximum absolute atomic E-state index is 13.8. The first-order chi connectivity index (χ1) is 19.5. The van der Waals surface area contributed by atoms with Crippen molar-refractivity contribution in [2.45, 2.75) is 63.7 Å². The number of ether oxygens (including phenoxy) is 1. The predicted octanol–water partition coefficient (Wildman–Crippen LogP) is 3.05. The molecule has 10 nitrogen and oxygen atoms in total. The second kappa shape index (κ2) is 13.0. The van der Waals surface area contributed by atoms with E-state index in [-0.39, 0.29) is 30.5 Å². The van der Waals surface area contributed by atoms with E-state index in [1.807, 2.05) is 30.3 Å². The highest BCUT2D eigenvalue weighted by Crippen LogP contribution is 2.28. The van der Waals surface area contributed by atoms with Gasteiger partial charge in [-0.15, -0.1) is 5.10 Å². The summed E-state index contributed by atoms with van der Waals surface area (Å²) in [5.74, 6) is -0.896. The molecule has 0 unspecified atom stereocenters. The molecular weight excluding hydrogens is 532 g/mol. The van der Waals surface area contributed by atoms with Crippen molar-refractivity contribution in [3.8, 4) is 5.75 Å². The van der Waals surface area contributed by atoms with Crippen LogP contribution in [0.4, 0.5) is 0 Å². The third kappa shape index (κ3) is 6.98. The Labute approximate surface area is 237 Å². The maximum Gasteiger partial charge on any atom is 0.255 e. The lowest BCUT2D eigenvalue weighted by Gasteiger charge is -2.31. The average molecular weight is 565 g/mol. The molecule has 1 aliphatic carbocycles. The summed E-state index contributed by atoms with van der Waals surface area (Å²) in [5, 5.41) is 17.4. The zero-order chi connectivity index (χ0) is 27.9. The van der Waals surface area contributed by atoms with Crippen LogP contribution in [-0.2, 0) is 29.1 Å². The fourth-order valence-electron chi connectivity index (χ4n) is 5.29. The van der Waals surface area contributed by atoms with Gasteiger partial charge in [0.25, 0.3) is 5.91 Å². The van der Waals surface area contributed by atoms with Gasteiger partial charge in [0.2, 0.25) is 11.8 Å². The summed E-state index contributed by atoms with van der Waals surface area (Å²) in [6.45, 7) is 0.764. The Kier molecular flexibility index (Phi) is 8.95. The monoisotopic (exact) mass is 564 g/mol. The number of benzene rings is 2. The highest BCUT2D eigenvalue weighted by atomic mass is 35.5. The van der Waals surface area contributed by atoms with Crippen molar-refractivity contribution in [3.05, 3.63) is 76.6 Å². The van der Waals surface area contributed by atoms with Gasteiger partial charge in [-0.05, 0) is 42.5 Å². The molecule has 2 aliphatic rings. The molecular formula is C29H33ClN6O4. The van der Waals surface area contributed by atoms with E-state index < -0.39 is 23.9 Å². The molecule has 3 aromatic rings. The molecule has 5 rings (SSSR count). The number of carbonyl (C=O) groups is 3. The van der Waals surface area contributed by atoms with Gasteiger partial charge >= 0.3 is 0 Å². The van der Waals surface area contributed by atoms with Crippen LogP contribution >= 0.6 is 11.6 Å². The van der Waals surface area contributed by atoms with Crippen LogP contribution in [0, 0.1) is 5.92 Å². The summed E-state index contributed by atoms with van der Waals surface area (Å²) < 4.78 is 7.54. The Morgan fingerprint density at radius 1 is 0.975 bits per heavy atom. The van der Waals surface area contributed by atoms with Crippen LogP contribution in [0.5, 0.6) is 5.75 Å². The summed E-state index contributed by atoms with van der Waals surface area (Å²) in [4.78, 5) is 40.8. The minimum Gasteiger partial charge on any atom is -0.491 e. The summed E-state index contributed by atoms with van der Waals surface area (Å²) in [6.07, 6.45) is 6.68. The first-order valence-electron chi connectivity index (χ1n) is 13.7. The zero-order valence-electron chi connectivity index (χ0n) is 22.1. The lowest BCUT2D eigenvalue weighted by atomic mass is 9.83. The number of carbonyl (C=O) groups excluding carboxylic acids is 3. The molecule has 0 spiro atoms. The van der Waals surface area contributed by atoms with Crippen LogP contribution in [-0.4, -0.2) is 51.4 Å². The normalized spacial score (nSPS) is 21.3. The van der Waals surface area contributed by atoms with Gasteiger partial charge in [0, 0.05) is 11.4 Å². The lowest BCUT2D eigenvalue weighted by molar-refractivity contribution is -0.130. The van der Waals surface area contributed by atoms with Gasteiger partial charge in [-0.1, -0.05) is 66.4 Å². The molecule has 2 heterocycles. The van der Waals surface area contributed by atoms with Gasteiger partial charge in [-0.25, -0.2) is 4.68 Å². The van der Waals surface area contributed by atoms with E-state index >= 15 is 0 Å². The SMILES string of the molecule is O=C1N[C@@H](C2CCCCC2)C(=O)N[C@@H](Cc2ccccc2)C(=O)NCc2cn(nn2)CCOc2ccc(Cl)cc21. The van der Waals surface area contributed by atoms with Crippen molar-refractivity contribution in [2.75, 3.05) is 6.61 Å². The van der Waals surface area contributed by atoms with Crippen molar-refractivity contribution < 1.29 is 19.1 Å². The van der Waals surface area contributed by atoms with E-state index in [4.69, 9.17) is 16.3 Å². The van der Waals surface area contributed by atoms with Crippen molar-refractivity contribution in [2.24, 2.45) is 5.92 Å². The first-order valence-corrected chi connectivity index (χ1v) is 14.1. The van der Waals surface area contributed by atoms with Gasteiger partial charge < -0.3 is 20.7 Å². The number of fused-ring (bicyclic) bond motifs is 3. The highest BCUT2D eigenvalue weighted by molar-refractivity contribution is 6.31. The summed E-state index contributed by atoms with van der Waals surface area (Å²) >= 11 is 6.25. The summed E-state index contributed by atoms with van der Waals surface area (Å²) in [6, 6.07) is 12.7. The molecule has 210 valence electrons. The molecule has 3 amide bonds. The van der Waals surface area contributed by atoms with Gasteiger partial charge in [-0.3, -0.25) is 14.4 Å². The Morgan fingerprint density at radius 2 is 1.77 bits per heavy atom. The summed E-state index contributed by atoms with van der Waals surface area (Å²) in [5.41, 5.74) is 1.72. The van der Waals surface area contributed by atoms with Crippen LogP contribution in [0.3, 0.4) is 0 Å². The number of halogens is 1. The third-order valence-corrected chi connectivity index (χ3v) is 7.64. The standard InChI is InChI=1S/C29H33ClN6O4/c30-21-11-12-25-23(16-21)27(37)33-26(20-9-5-2-6-10-20)29(39)32-24(15-19-7-3-1-4-8-19)28(38)31-17-22-18-36(35-34-22)13-14-40-25/h1,3-4,7-8,11-12,16,18,20,24,26H,2,5-6,9-10,13-15,17H2,(H,31,38)(H,32,39)(H,33,37)/t24-,26-/m0/s1. The van der Waals surface area contributed by atoms with E-state index in [1.165, 1.54) is 6.07 Å². The quantitative estimate of drug-likeness (QED) is 0.449. The molecule has 1 aliphatic heterocycles. The number of nitrogens with zero attached hydrogens (tertiary/aromatic N) is 3. The number of amides is 3. The van der Waals surface area contributed by atoms with E-state index in [0.717, 1.165) is 37.7 Å². The highest BCUT2D eigenvalue weighted by Gasteiger charge is 2.34. The van der Waals surface area contributed by atoms with Crippen LogP contribution in [0.25, 0.3) is 0 Å². The molecule has 2 atom stereocenters. The topological polar surface area (TPSA) is 127 Å². The fourth-order valence-corrected chi connectivity index (χ4v) is 5.46. The smallest absolute Gasteiger partial charge is 0.255 e. The molecule has 2 aromatic carbocycles. The Morgan fingerprint density at radius 3 is 2.58 bits per heavy atom. The minimum atomic E-state index is -0.853. The number of hydrogen-bond donors (Lipinski definition) is 3. The minimum absolute atomic E-state index is 0.0575. The molecule has 40 heavy (non-hydrogen) atoms. The van der Waals surface area contributed by atoms with Gasteiger partial charge in [0.05, 0.1) is 24.8 Å². The molecule has 1 fully saturated rings. The van der Waals surface area contributed by atoms with Crippen molar-refractivity contribution in [3.63, 3.8) is 0 Å². The van der Waals surface area contributed by atoms with Crippen molar-refractivity contribution in [1.82, 2.24) is 30.9 Å². The second-order valence-electron chi connectivity index (χ2n) is 10.3. The Hall–Kier alpha value is -3.92. The molecule has 11 heteroatoms. The summed E-state index contributed by atoms with van der Waals surface area (Å²) in [7, 11) is 0. The molecule has 0 saturated heterocycles. The van der Waals surface area contributed by atoms with Crippen LogP contribution in [0.2, 0.25) is 5.02 Å². The lowest BCUT2D eigenvalue weighted by Crippen LogP contribution is -2.56. The van der Waals surface area contributed by atoms with Crippen LogP contribution in [0.1, 0.15) is 53.7 Å².